The standard InChI is InChI=1S/C22H27N5O4S2/c1-15-21(16(2)31-26-15)33(29,30)27-12-4-5-18(13-27)22(28)24-9-3-6-20-25-19(14-32-20)17-7-10-23-11-8-17/h7-8,10-11,14,18H,3-6,9,12-13H2,1-2H3,(H,24,28). The van der Waals surface area contributed by atoms with Gasteiger partial charge in [-0.1, -0.05) is 5.16 Å². The van der Waals surface area contributed by atoms with Crippen molar-refractivity contribution >= 4 is 27.3 Å². The van der Waals surface area contributed by atoms with Crippen molar-refractivity contribution in [1.29, 1.82) is 0 Å². The number of hydrogen-bond acceptors (Lipinski definition) is 8. The molecule has 0 saturated carbocycles. The second-order valence-electron chi connectivity index (χ2n) is 8.11. The number of carbonyl (C=O) groups is 1. The van der Waals surface area contributed by atoms with E-state index in [-0.39, 0.29) is 29.0 Å². The first-order valence-corrected chi connectivity index (χ1v) is 13.2. The number of pyridine rings is 1. The Morgan fingerprint density at radius 1 is 1.30 bits per heavy atom. The number of rotatable bonds is 8. The second kappa shape index (κ2) is 10.1. The highest BCUT2D eigenvalue weighted by Gasteiger charge is 2.36. The van der Waals surface area contributed by atoms with Crippen molar-refractivity contribution in [2.45, 2.75) is 44.4 Å². The van der Waals surface area contributed by atoms with Crippen LogP contribution in [-0.4, -0.2) is 53.4 Å². The topological polar surface area (TPSA) is 118 Å². The predicted octanol–water partition coefficient (Wildman–Crippen LogP) is 2.96. The van der Waals surface area contributed by atoms with Crippen LogP contribution in [0.4, 0.5) is 0 Å². The molecule has 0 aromatic carbocycles. The molecule has 0 bridgehead atoms. The van der Waals surface area contributed by atoms with E-state index in [1.807, 2.05) is 17.5 Å². The summed E-state index contributed by atoms with van der Waals surface area (Å²) in [7, 11) is -3.74. The van der Waals surface area contributed by atoms with Crippen LogP contribution in [0.1, 0.15) is 35.7 Å². The molecular formula is C22H27N5O4S2. The van der Waals surface area contributed by atoms with E-state index < -0.39 is 10.0 Å². The van der Waals surface area contributed by atoms with Crippen molar-refractivity contribution in [1.82, 2.24) is 24.7 Å². The quantitative estimate of drug-likeness (QED) is 0.483. The van der Waals surface area contributed by atoms with Gasteiger partial charge in [0.15, 0.2) is 5.76 Å². The minimum atomic E-state index is -3.74. The number of amides is 1. The summed E-state index contributed by atoms with van der Waals surface area (Å²) in [5.74, 6) is -0.203. The maximum Gasteiger partial charge on any atom is 0.248 e. The predicted molar refractivity (Wildman–Crippen MR) is 124 cm³/mol. The summed E-state index contributed by atoms with van der Waals surface area (Å²) in [6.07, 6.45) is 6.33. The minimum Gasteiger partial charge on any atom is -0.360 e. The van der Waals surface area contributed by atoms with E-state index in [1.54, 1.807) is 37.6 Å². The van der Waals surface area contributed by atoms with Crippen LogP contribution >= 0.6 is 11.3 Å². The summed E-state index contributed by atoms with van der Waals surface area (Å²) in [4.78, 5) is 21.5. The SMILES string of the molecule is Cc1noc(C)c1S(=O)(=O)N1CCCC(C(=O)NCCCc2nc(-c3ccncc3)cs2)C1. The molecular weight excluding hydrogens is 462 g/mol. The molecule has 3 aromatic heterocycles. The van der Waals surface area contributed by atoms with Gasteiger partial charge in [-0.25, -0.2) is 13.4 Å². The molecule has 1 aliphatic rings. The van der Waals surface area contributed by atoms with Crippen LogP contribution in [0.5, 0.6) is 0 Å². The van der Waals surface area contributed by atoms with Crippen LogP contribution < -0.4 is 5.32 Å². The Hall–Kier alpha value is -2.63. The number of aryl methyl sites for hydroxylation is 3. The van der Waals surface area contributed by atoms with Crippen molar-refractivity contribution in [3.63, 3.8) is 0 Å². The normalized spacial score (nSPS) is 17.2. The Labute approximate surface area is 197 Å². The lowest BCUT2D eigenvalue weighted by Gasteiger charge is -2.31. The summed E-state index contributed by atoms with van der Waals surface area (Å²) < 4.78 is 32.5. The molecule has 4 rings (SSSR count). The molecule has 0 aliphatic carbocycles. The number of thiazole rings is 1. The number of aromatic nitrogens is 3. The van der Waals surface area contributed by atoms with E-state index >= 15 is 0 Å². The van der Waals surface area contributed by atoms with Gasteiger partial charge in [-0.2, -0.15) is 4.31 Å². The van der Waals surface area contributed by atoms with Gasteiger partial charge in [-0.15, -0.1) is 11.3 Å². The number of hydrogen-bond donors (Lipinski definition) is 1. The Morgan fingerprint density at radius 2 is 2.09 bits per heavy atom. The molecule has 4 heterocycles. The first-order valence-electron chi connectivity index (χ1n) is 10.9. The fraction of sp³-hybridized carbons (Fsp3) is 0.455. The first kappa shape index (κ1) is 23.5. The Morgan fingerprint density at radius 3 is 2.82 bits per heavy atom. The summed E-state index contributed by atoms with van der Waals surface area (Å²) in [5.41, 5.74) is 2.31. The highest BCUT2D eigenvalue weighted by atomic mass is 32.2. The average molecular weight is 490 g/mol. The van der Waals surface area contributed by atoms with Gasteiger partial charge in [0.05, 0.1) is 16.6 Å². The van der Waals surface area contributed by atoms with E-state index in [0.717, 1.165) is 29.1 Å². The molecule has 33 heavy (non-hydrogen) atoms. The molecule has 0 radical (unpaired) electrons. The monoisotopic (exact) mass is 489 g/mol. The van der Waals surface area contributed by atoms with Crippen LogP contribution in [0.3, 0.4) is 0 Å². The lowest BCUT2D eigenvalue weighted by Crippen LogP contribution is -2.45. The van der Waals surface area contributed by atoms with Crippen LogP contribution in [-0.2, 0) is 21.2 Å². The van der Waals surface area contributed by atoms with Gasteiger partial charge in [0.25, 0.3) is 0 Å². The van der Waals surface area contributed by atoms with Crippen molar-refractivity contribution < 1.29 is 17.7 Å². The molecule has 1 unspecified atom stereocenters. The second-order valence-corrected chi connectivity index (χ2v) is 10.9. The number of sulfonamides is 1. The van der Waals surface area contributed by atoms with Gasteiger partial charge in [0.2, 0.25) is 15.9 Å². The molecule has 3 aromatic rings. The van der Waals surface area contributed by atoms with Crippen molar-refractivity contribution in [2.24, 2.45) is 5.92 Å². The third-order valence-electron chi connectivity index (χ3n) is 5.72. The highest BCUT2D eigenvalue weighted by Crippen LogP contribution is 2.28. The summed E-state index contributed by atoms with van der Waals surface area (Å²) in [5, 5.41) is 9.77. The fourth-order valence-electron chi connectivity index (χ4n) is 4.02. The lowest BCUT2D eigenvalue weighted by atomic mass is 9.99. The zero-order chi connectivity index (χ0) is 23.4. The molecule has 1 aliphatic heterocycles. The van der Waals surface area contributed by atoms with Gasteiger partial charge < -0.3 is 9.84 Å². The van der Waals surface area contributed by atoms with E-state index in [0.29, 0.717) is 31.6 Å². The Bertz CT molecular complexity index is 1190. The molecule has 1 amide bonds. The van der Waals surface area contributed by atoms with E-state index in [9.17, 15) is 13.2 Å². The van der Waals surface area contributed by atoms with Crippen LogP contribution in [0.25, 0.3) is 11.3 Å². The smallest absolute Gasteiger partial charge is 0.248 e. The van der Waals surface area contributed by atoms with Gasteiger partial charge >= 0.3 is 0 Å². The van der Waals surface area contributed by atoms with Crippen LogP contribution in [0.15, 0.2) is 39.3 Å². The molecule has 9 nitrogen and oxygen atoms in total. The third-order valence-corrected chi connectivity index (χ3v) is 8.73. The van der Waals surface area contributed by atoms with E-state index in [2.05, 4.69) is 20.4 Å². The highest BCUT2D eigenvalue weighted by molar-refractivity contribution is 7.89. The van der Waals surface area contributed by atoms with E-state index in [4.69, 9.17) is 4.52 Å². The third kappa shape index (κ3) is 5.31. The number of nitrogens with one attached hydrogen (secondary N) is 1. The fourth-order valence-corrected chi connectivity index (χ4v) is 6.69. The zero-order valence-electron chi connectivity index (χ0n) is 18.7. The Balaban J connectivity index is 1.27. The summed E-state index contributed by atoms with van der Waals surface area (Å²) in [6, 6.07) is 3.86. The molecule has 11 heteroatoms. The zero-order valence-corrected chi connectivity index (χ0v) is 20.3. The first-order chi connectivity index (χ1) is 15.9. The van der Waals surface area contributed by atoms with Crippen molar-refractivity contribution in [2.75, 3.05) is 19.6 Å². The lowest BCUT2D eigenvalue weighted by molar-refractivity contribution is -0.126. The molecule has 0 spiro atoms. The van der Waals surface area contributed by atoms with Gasteiger partial charge in [0.1, 0.15) is 10.6 Å². The van der Waals surface area contributed by atoms with Crippen LogP contribution in [0.2, 0.25) is 0 Å². The largest absolute Gasteiger partial charge is 0.360 e. The Kier molecular flexibility index (Phi) is 7.20. The number of carbonyl (C=O) groups excluding carboxylic acids is 1. The van der Waals surface area contributed by atoms with Gasteiger partial charge in [-0.05, 0) is 45.2 Å². The summed E-state index contributed by atoms with van der Waals surface area (Å²) >= 11 is 1.60. The number of piperidine rings is 1. The minimum absolute atomic E-state index is 0.106. The van der Waals surface area contributed by atoms with E-state index in [1.165, 1.54) is 4.31 Å². The van der Waals surface area contributed by atoms with Crippen molar-refractivity contribution in [3.05, 3.63) is 46.4 Å². The maximum absolute atomic E-state index is 13.1. The van der Waals surface area contributed by atoms with Crippen molar-refractivity contribution in [3.8, 4) is 11.3 Å². The molecule has 1 saturated heterocycles. The molecule has 1 N–H and O–H groups in total. The maximum atomic E-state index is 13.1. The molecule has 1 atom stereocenters. The number of nitrogens with zero attached hydrogens (tertiary/aromatic N) is 4. The van der Waals surface area contributed by atoms with Gasteiger partial charge in [0, 0.05) is 49.4 Å². The average Bonchev–Trinajstić information content (AvgIpc) is 3.43. The molecule has 1 fully saturated rings. The summed E-state index contributed by atoms with van der Waals surface area (Å²) in [6.45, 7) is 4.28. The van der Waals surface area contributed by atoms with Gasteiger partial charge in [-0.3, -0.25) is 9.78 Å². The molecule has 176 valence electrons. The van der Waals surface area contributed by atoms with Crippen LogP contribution in [0, 0.1) is 19.8 Å².